The van der Waals surface area contributed by atoms with Crippen molar-refractivity contribution in [3.63, 3.8) is 0 Å². The molecule has 0 saturated heterocycles. The van der Waals surface area contributed by atoms with Gasteiger partial charge in [0.05, 0.1) is 10.0 Å². The maximum absolute atomic E-state index is 6.19. The van der Waals surface area contributed by atoms with E-state index in [2.05, 4.69) is 21.0 Å². The molecule has 0 fully saturated rings. The summed E-state index contributed by atoms with van der Waals surface area (Å²) in [6, 6.07) is 10.0. The minimum absolute atomic E-state index is 0.244. The lowest BCUT2D eigenvalue weighted by molar-refractivity contribution is 0.309. The number of benzene rings is 1. The normalized spacial score (nSPS) is 11.0. The summed E-state index contributed by atoms with van der Waals surface area (Å²) in [4.78, 5) is 11.8. The number of para-hydroxylation sites is 1. The maximum atomic E-state index is 6.19. The molecular weight excluding hydrogens is 369 g/mol. The van der Waals surface area contributed by atoms with Crippen LogP contribution in [0, 0.1) is 6.92 Å². The van der Waals surface area contributed by atoms with Gasteiger partial charge in [-0.05, 0) is 36.2 Å². The SMILES string of the molecule is Cc1cc(-c2cc[nH]c2)c2cccc(OCc3c(Cl)cncc3Cl)c2n1. The number of aromatic amines is 1. The average molecular weight is 384 g/mol. The third-order valence-electron chi connectivity index (χ3n) is 4.16. The van der Waals surface area contributed by atoms with Crippen LogP contribution in [0.5, 0.6) is 5.75 Å². The van der Waals surface area contributed by atoms with Crippen molar-refractivity contribution in [1.29, 1.82) is 0 Å². The molecule has 0 aliphatic rings. The first kappa shape index (κ1) is 16.9. The maximum Gasteiger partial charge on any atom is 0.146 e. The molecule has 4 nitrogen and oxygen atoms in total. The number of fused-ring (bicyclic) bond motifs is 1. The number of rotatable bonds is 4. The molecule has 0 spiro atoms. The summed E-state index contributed by atoms with van der Waals surface area (Å²) in [5.41, 5.74) is 4.66. The summed E-state index contributed by atoms with van der Waals surface area (Å²) >= 11 is 12.4. The van der Waals surface area contributed by atoms with Crippen LogP contribution in [0.25, 0.3) is 22.0 Å². The lowest BCUT2D eigenvalue weighted by Crippen LogP contribution is -2.00. The average Bonchev–Trinajstić information content (AvgIpc) is 3.15. The first-order valence-electron chi connectivity index (χ1n) is 8.07. The predicted molar refractivity (Wildman–Crippen MR) is 105 cm³/mol. The van der Waals surface area contributed by atoms with E-state index in [1.54, 1.807) is 12.4 Å². The zero-order chi connectivity index (χ0) is 18.1. The van der Waals surface area contributed by atoms with Gasteiger partial charge in [-0.2, -0.15) is 0 Å². The van der Waals surface area contributed by atoms with Crippen molar-refractivity contribution < 1.29 is 4.74 Å². The van der Waals surface area contributed by atoms with Gasteiger partial charge in [-0.15, -0.1) is 0 Å². The molecule has 0 saturated carbocycles. The summed E-state index contributed by atoms with van der Waals surface area (Å²) in [6.45, 7) is 2.22. The van der Waals surface area contributed by atoms with Gasteiger partial charge < -0.3 is 9.72 Å². The smallest absolute Gasteiger partial charge is 0.146 e. The second-order valence-corrected chi connectivity index (χ2v) is 6.75. The van der Waals surface area contributed by atoms with E-state index in [1.807, 2.05) is 43.6 Å². The molecule has 1 aromatic carbocycles. The quantitative estimate of drug-likeness (QED) is 0.482. The summed E-state index contributed by atoms with van der Waals surface area (Å²) < 4.78 is 6.03. The lowest BCUT2D eigenvalue weighted by atomic mass is 10.0. The lowest BCUT2D eigenvalue weighted by Gasteiger charge is -2.13. The molecule has 0 aliphatic carbocycles. The number of pyridine rings is 2. The molecular formula is C20H15Cl2N3O. The Balaban J connectivity index is 1.77. The van der Waals surface area contributed by atoms with Crippen LogP contribution in [-0.2, 0) is 6.61 Å². The van der Waals surface area contributed by atoms with Gasteiger partial charge in [0.25, 0.3) is 0 Å². The van der Waals surface area contributed by atoms with Crippen LogP contribution >= 0.6 is 23.2 Å². The fraction of sp³-hybridized carbons (Fsp3) is 0.100. The monoisotopic (exact) mass is 383 g/mol. The fourth-order valence-electron chi connectivity index (χ4n) is 2.92. The molecule has 3 heterocycles. The molecule has 6 heteroatoms. The number of H-pyrrole nitrogens is 1. The first-order chi connectivity index (χ1) is 12.6. The number of nitrogens with zero attached hydrogens (tertiary/aromatic N) is 2. The molecule has 130 valence electrons. The summed E-state index contributed by atoms with van der Waals surface area (Å²) in [5, 5.41) is 1.99. The number of aromatic nitrogens is 3. The van der Waals surface area contributed by atoms with Crippen molar-refractivity contribution in [2.24, 2.45) is 0 Å². The molecule has 1 N–H and O–H groups in total. The molecule has 0 aliphatic heterocycles. The highest BCUT2D eigenvalue weighted by molar-refractivity contribution is 6.35. The van der Waals surface area contributed by atoms with Crippen molar-refractivity contribution >= 4 is 34.1 Å². The molecule has 0 atom stereocenters. The summed E-state index contributed by atoms with van der Waals surface area (Å²) in [5.74, 6) is 0.687. The fourth-order valence-corrected chi connectivity index (χ4v) is 3.40. The number of aryl methyl sites for hydroxylation is 1. The molecule has 0 amide bonds. The van der Waals surface area contributed by atoms with Gasteiger partial charge in [0.1, 0.15) is 17.9 Å². The highest BCUT2D eigenvalue weighted by atomic mass is 35.5. The Labute approximate surface area is 160 Å². The van der Waals surface area contributed by atoms with Gasteiger partial charge in [0.15, 0.2) is 0 Å². The molecule has 4 rings (SSSR count). The summed E-state index contributed by atoms with van der Waals surface area (Å²) in [6.07, 6.45) is 6.99. The van der Waals surface area contributed by atoms with E-state index in [0.29, 0.717) is 21.4 Å². The number of hydrogen-bond donors (Lipinski definition) is 1. The van der Waals surface area contributed by atoms with Crippen LogP contribution in [0.15, 0.2) is 55.1 Å². The highest BCUT2D eigenvalue weighted by Crippen LogP contribution is 2.34. The van der Waals surface area contributed by atoms with E-state index in [0.717, 1.165) is 27.7 Å². The molecule has 0 unspecified atom stereocenters. The molecule has 4 aromatic rings. The standard InChI is InChI=1S/C20H15Cl2N3O/c1-12-7-15(13-5-6-23-8-13)14-3-2-4-19(20(14)25-12)26-11-16-17(21)9-24-10-18(16)22/h2-10,23H,11H2,1H3. The second-order valence-electron chi connectivity index (χ2n) is 5.93. The number of halogens is 2. The van der Waals surface area contributed by atoms with Crippen LogP contribution < -0.4 is 4.74 Å². The number of nitrogens with one attached hydrogen (secondary N) is 1. The third kappa shape index (κ3) is 3.14. The Morgan fingerprint density at radius 1 is 1.12 bits per heavy atom. The van der Waals surface area contributed by atoms with E-state index < -0.39 is 0 Å². The van der Waals surface area contributed by atoms with E-state index in [9.17, 15) is 0 Å². The Kier molecular flexibility index (Phi) is 4.53. The largest absolute Gasteiger partial charge is 0.487 e. The van der Waals surface area contributed by atoms with Crippen LogP contribution in [0.2, 0.25) is 10.0 Å². The highest BCUT2D eigenvalue weighted by Gasteiger charge is 2.13. The van der Waals surface area contributed by atoms with Crippen LogP contribution in [0.3, 0.4) is 0 Å². The van der Waals surface area contributed by atoms with Crippen molar-refractivity contribution in [3.05, 3.63) is 76.4 Å². The molecule has 0 radical (unpaired) electrons. The molecule has 26 heavy (non-hydrogen) atoms. The molecule has 0 bridgehead atoms. The van der Waals surface area contributed by atoms with Crippen molar-refractivity contribution in [2.45, 2.75) is 13.5 Å². The van der Waals surface area contributed by atoms with Gasteiger partial charge in [-0.3, -0.25) is 4.98 Å². The zero-order valence-electron chi connectivity index (χ0n) is 14.0. The van der Waals surface area contributed by atoms with E-state index >= 15 is 0 Å². The summed E-state index contributed by atoms with van der Waals surface area (Å²) in [7, 11) is 0. The Bertz CT molecular complexity index is 1060. The van der Waals surface area contributed by atoms with Crippen LogP contribution in [0.1, 0.15) is 11.3 Å². The van der Waals surface area contributed by atoms with Crippen molar-refractivity contribution in [3.8, 4) is 16.9 Å². The Hall–Kier alpha value is -2.56. The number of ether oxygens (including phenoxy) is 1. The van der Waals surface area contributed by atoms with Gasteiger partial charge in [-0.25, -0.2) is 4.98 Å². The van der Waals surface area contributed by atoms with E-state index in [1.165, 1.54) is 0 Å². The minimum Gasteiger partial charge on any atom is -0.487 e. The van der Waals surface area contributed by atoms with Gasteiger partial charge in [0.2, 0.25) is 0 Å². The zero-order valence-corrected chi connectivity index (χ0v) is 15.5. The van der Waals surface area contributed by atoms with Gasteiger partial charge in [0, 0.05) is 41.4 Å². The number of hydrogen-bond acceptors (Lipinski definition) is 3. The van der Waals surface area contributed by atoms with E-state index in [4.69, 9.17) is 27.9 Å². The van der Waals surface area contributed by atoms with E-state index in [-0.39, 0.29) is 6.61 Å². The van der Waals surface area contributed by atoms with Gasteiger partial charge >= 0.3 is 0 Å². The second kappa shape index (κ2) is 6.98. The first-order valence-corrected chi connectivity index (χ1v) is 8.83. The van der Waals surface area contributed by atoms with Crippen molar-refractivity contribution in [2.75, 3.05) is 0 Å². The third-order valence-corrected chi connectivity index (χ3v) is 4.82. The van der Waals surface area contributed by atoms with Crippen LogP contribution in [0.4, 0.5) is 0 Å². The Morgan fingerprint density at radius 3 is 2.65 bits per heavy atom. The molecule has 3 aromatic heterocycles. The van der Waals surface area contributed by atoms with Crippen molar-refractivity contribution in [1.82, 2.24) is 15.0 Å². The predicted octanol–water partition coefficient (Wildman–Crippen LogP) is 5.82. The Morgan fingerprint density at radius 2 is 1.92 bits per heavy atom. The van der Waals surface area contributed by atoms with Gasteiger partial charge in [-0.1, -0.05) is 35.3 Å². The van der Waals surface area contributed by atoms with Crippen LogP contribution in [-0.4, -0.2) is 15.0 Å². The topological polar surface area (TPSA) is 50.8 Å². The minimum atomic E-state index is 0.244.